The van der Waals surface area contributed by atoms with E-state index < -0.39 is 11.2 Å². The molecule has 6 aliphatic carbocycles. The first-order chi connectivity index (χ1) is 22.1. The van der Waals surface area contributed by atoms with E-state index in [0.717, 1.165) is 81.5 Å². The second-order valence-corrected chi connectivity index (χ2v) is 16.2. The third-order valence-electron chi connectivity index (χ3n) is 15.0. The van der Waals surface area contributed by atoms with Crippen LogP contribution in [0.25, 0.3) is 0 Å². The first-order valence-electron chi connectivity index (χ1n) is 17.9. The predicted octanol–water partition coefficient (Wildman–Crippen LogP) is 8.23. The molecule has 0 radical (unpaired) electrons. The molecule has 10 atom stereocenters. The lowest BCUT2D eigenvalue weighted by Crippen LogP contribution is -2.53. The fraction of sp³-hybridized carbons (Fsp3) is 0.619. The SMILES string of the molecule is C#C[C@]1(O)CC[C@H]2[C@@H]3CCc4cc(OC)cc(O[C@@]5(C#C)CC[C@H]6[C@@H]7CCc8cc(OC)ccc8[C@H]7CCC65C)c4[C@H]3CCC21C. The Morgan fingerprint density at radius 2 is 1.37 bits per heavy atom. The van der Waals surface area contributed by atoms with Crippen molar-refractivity contribution in [3.05, 3.63) is 52.6 Å². The van der Waals surface area contributed by atoms with E-state index >= 15 is 0 Å². The molecule has 2 aromatic carbocycles. The molecule has 1 N–H and O–H groups in total. The number of terminal acetylenes is 2. The highest BCUT2D eigenvalue weighted by Crippen LogP contribution is 2.67. The fourth-order valence-electron chi connectivity index (χ4n) is 12.4. The van der Waals surface area contributed by atoms with E-state index in [1.807, 2.05) is 0 Å². The van der Waals surface area contributed by atoms with Gasteiger partial charge >= 0.3 is 0 Å². The summed E-state index contributed by atoms with van der Waals surface area (Å²) in [5.41, 5.74) is 3.69. The third kappa shape index (κ3) is 3.92. The summed E-state index contributed by atoms with van der Waals surface area (Å²) in [6.07, 6.45) is 24.8. The molecule has 0 aliphatic heterocycles. The van der Waals surface area contributed by atoms with Gasteiger partial charge in [-0.1, -0.05) is 31.8 Å². The number of hydrogen-bond donors (Lipinski definition) is 1. The van der Waals surface area contributed by atoms with Gasteiger partial charge in [-0.3, -0.25) is 0 Å². The predicted molar refractivity (Wildman–Crippen MR) is 181 cm³/mol. The van der Waals surface area contributed by atoms with Gasteiger partial charge in [-0.2, -0.15) is 0 Å². The fourth-order valence-corrected chi connectivity index (χ4v) is 12.4. The molecule has 2 aromatic rings. The highest BCUT2D eigenvalue weighted by Gasteiger charge is 2.64. The van der Waals surface area contributed by atoms with Gasteiger partial charge < -0.3 is 19.3 Å². The zero-order chi connectivity index (χ0) is 32.1. The minimum Gasteiger partial charge on any atom is -0.497 e. The van der Waals surface area contributed by atoms with Crippen molar-refractivity contribution in [3.63, 3.8) is 0 Å². The quantitative estimate of drug-likeness (QED) is 0.351. The first-order valence-corrected chi connectivity index (χ1v) is 17.9. The van der Waals surface area contributed by atoms with Crippen molar-refractivity contribution in [1.29, 1.82) is 0 Å². The average molecular weight is 619 g/mol. The van der Waals surface area contributed by atoms with E-state index in [-0.39, 0.29) is 10.8 Å². The average Bonchev–Trinajstić information content (AvgIpc) is 3.53. The van der Waals surface area contributed by atoms with Gasteiger partial charge in [0.05, 0.1) is 14.2 Å². The number of ether oxygens (including phenoxy) is 3. The monoisotopic (exact) mass is 618 g/mol. The van der Waals surface area contributed by atoms with Crippen LogP contribution in [0, 0.1) is 59.2 Å². The second kappa shape index (κ2) is 10.5. The highest BCUT2D eigenvalue weighted by atomic mass is 16.5. The van der Waals surface area contributed by atoms with Gasteiger partial charge in [0, 0.05) is 22.5 Å². The van der Waals surface area contributed by atoms with Crippen LogP contribution >= 0.6 is 0 Å². The van der Waals surface area contributed by atoms with Crippen molar-refractivity contribution in [3.8, 4) is 41.9 Å². The molecule has 0 heterocycles. The number of aliphatic hydroxyl groups is 1. The van der Waals surface area contributed by atoms with Gasteiger partial charge in [0.1, 0.15) is 22.8 Å². The van der Waals surface area contributed by atoms with Crippen LogP contribution < -0.4 is 14.2 Å². The lowest BCUT2D eigenvalue weighted by Gasteiger charge is -2.54. The summed E-state index contributed by atoms with van der Waals surface area (Å²) in [5.74, 6) is 11.9. The van der Waals surface area contributed by atoms with Crippen LogP contribution in [0.2, 0.25) is 0 Å². The van der Waals surface area contributed by atoms with E-state index in [2.05, 4.69) is 56.0 Å². The van der Waals surface area contributed by atoms with E-state index in [9.17, 15) is 5.11 Å². The standard InChI is InChI=1S/C42H50O4/c1-7-41(43)21-17-35-33-13-10-27-24-29(45-6)25-37(38(27)34(33)16-19-39(35,41)3)46-42(8-2)22-18-36-32-12-9-26-23-28(44-5)11-14-30(26)31(32)15-20-40(36,42)4/h1-2,11,14,23-25,31-36,43H,9-10,12-13,15-22H2,3-6H3/t31-,32-,33-,34+,35+,36+,39?,40?,41+,42+/m1/s1. The van der Waals surface area contributed by atoms with Gasteiger partial charge in [0.25, 0.3) is 0 Å². The van der Waals surface area contributed by atoms with E-state index in [1.165, 1.54) is 28.7 Å². The van der Waals surface area contributed by atoms with Crippen LogP contribution in [0.15, 0.2) is 30.3 Å². The zero-order valence-electron chi connectivity index (χ0n) is 28.2. The molecule has 46 heavy (non-hydrogen) atoms. The molecule has 0 amide bonds. The van der Waals surface area contributed by atoms with Crippen molar-refractivity contribution in [2.45, 2.75) is 114 Å². The molecule has 8 rings (SSSR count). The van der Waals surface area contributed by atoms with Crippen molar-refractivity contribution in [1.82, 2.24) is 0 Å². The van der Waals surface area contributed by atoms with Gasteiger partial charge in [0.15, 0.2) is 5.60 Å². The summed E-state index contributed by atoms with van der Waals surface area (Å²) in [4.78, 5) is 0. The van der Waals surface area contributed by atoms with Crippen molar-refractivity contribution in [2.75, 3.05) is 14.2 Å². The second-order valence-electron chi connectivity index (χ2n) is 16.2. The van der Waals surface area contributed by atoms with Crippen molar-refractivity contribution >= 4 is 0 Å². The number of benzene rings is 2. The van der Waals surface area contributed by atoms with Crippen LogP contribution in [-0.2, 0) is 12.8 Å². The van der Waals surface area contributed by atoms with Crippen molar-refractivity contribution < 1.29 is 19.3 Å². The molecule has 2 unspecified atom stereocenters. The molecule has 0 bridgehead atoms. The molecule has 4 nitrogen and oxygen atoms in total. The minimum absolute atomic E-state index is 0.100. The topological polar surface area (TPSA) is 47.9 Å². The Morgan fingerprint density at radius 3 is 2.11 bits per heavy atom. The highest BCUT2D eigenvalue weighted by molar-refractivity contribution is 5.52. The Kier molecular flexibility index (Phi) is 6.88. The van der Waals surface area contributed by atoms with Gasteiger partial charge in [-0.25, -0.2) is 0 Å². The molecule has 0 spiro atoms. The smallest absolute Gasteiger partial charge is 0.174 e. The third-order valence-corrected chi connectivity index (χ3v) is 15.0. The lowest BCUT2D eigenvalue weighted by molar-refractivity contribution is -0.0667. The first kappa shape index (κ1) is 30.3. The van der Waals surface area contributed by atoms with E-state index in [0.29, 0.717) is 41.9 Å². The Hall–Kier alpha value is -3.08. The molecule has 4 heteroatoms. The lowest BCUT2D eigenvalue weighted by atomic mass is 9.53. The van der Waals surface area contributed by atoms with E-state index in [4.69, 9.17) is 27.1 Å². The van der Waals surface area contributed by atoms with Crippen LogP contribution in [-0.4, -0.2) is 30.5 Å². The van der Waals surface area contributed by atoms with Crippen LogP contribution in [0.4, 0.5) is 0 Å². The van der Waals surface area contributed by atoms with Gasteiger partial charge in [-0.05, 0) is 147 Å². The summed E-state index contributed by atoms with van der Waals surface area (Å²) in [6.45, 7) is 4.70. The Bertz CT molecular complexity index is 1650. The zero-order valence-corrected chi connectivity index (χ0v) is 28.2. The van der Waals surface area contributed by atoms with Crippen LogP contribution in [0.5, 0.6) is 17.2 Å². The van der Waals surface area contributed by atoms with Gasteiger partial charge in [-0.15, -0.1) is 12.8 Å². The maximum atomic E-state index is 11.5. The Balaban J connectivity index is 1.14. The molecule has 6 aliphatic rings. The summed E-state index contributed by atoms with van der Waals surface area (Å²) >= 11 is 0. The molecule has 4 fully saturated rings. The van der Waals surface area contributed by atoms with Crippen LogP contribution in [0.3, 0.4) is 0 Å². The Labute approximate surface area is 276 Å². The number of hydrogen-bond acceptors (Lipinski definition) is 4. The minimum atomic E-state index is -1.01. The maximum Gasteiger partial charge on any atom is 0.174 e. The summed E-state index contributed by atoms with van der Waals surface area (Å²) in [7, 11) is 3.51. The number of rotatable bonds is 4. The molecule has 0 aromatic heterocycles. The largest absolute Gasteiger partial charge is 0.497 e. The number of aryl methyl sites for hydroxylation is 2. The van der Waals surface area contributed by atoms with Crippen molar-refractivity contribution in [2.24, 2.45) is 34.5 Å². The maximum absolute atomic E-state index is 11.5. The molecule has 242 valence electrons. The summed E-state index contributed by atoms with van der Waals surface area (Å²) < 4.78 is 18.9. The van der Waals surface area contributed by atoms with Gasteiger partial charge in [0.2, 0.25) is 0 Å². The molecular weight excluding hydrogens is 568 g/mol. The molecular formula is C42H50O4. The number of methoxy groups -OCH3 is 2. The summed E-state index contributed by atoms with van der Waals surface area (Å²) in [6, 6.07) is 11.1. The molecule has 0 saturated heterocycles. The molecule has 4 saturated carbocycles. The Morgan fingerprint density at radius 1 is 0.717 bits per heavy atom. The van der Waals surface area contributed by atoms with E-state index in [1.54, 1.807) is 14.2 Å². The van der Waals surface area contributed by atoms with Crippen LogP contribution in [0.1, 0.15) is 112 Å². The summed E-state index contributed by atoms with van der Waals surface area (Å²) in [5, 5.41) is 11.5. The normalized spacial score (nSPS) is 41.7. The number of fused-ring (bicyclic) bond motifs is 10.